The molecule has 0 fully saturated rings. The maximum atomic E-state index is 14.3. The van der Waals surface area contributed by atoms with Crippen LogP contribution in [0.4, 0.5) is 30.7 Å². The van der Waals surface area contributed by atoms with Crippen molar-refractivity contribution in [2.45, 2.75) is 18.9 Å². The molecule has 3 rings (SSSR count). The Morgan fingerprint density at radius 3 is 2.21 bits per heavy atom. The lowest BCUT2D eigenvalue weighted by Gasteiger charge is -2.10. The predicted molar refractivity (Wildman–Crippen MR) is 81.5 cm³/mol. The highest BCUT2D eigenvalue weighted by molar-refractivity contribution is 6.35. The standard InChI is InChI=1S/C14H6ClF7N4O2/c15-5-1-6(16)4(9-10(5)25-11(24-9)14(20,21)22)3-26-8(27)2-7(13(17,18)19)23-12(26)28/h1-2H,3H2,(H,23,28)(H,24,25). The summed E-state index contributed by atoms with van der Waals surface area (Å²) in [6, 6.07) is 0.685. The molecule has 2 heterocycles. The molecule has 0 aliphatic carbocycles. The molecule has 14 heteroatoms. The Bertz CT molecular complexity index is 1160. The van der Waals surface area contributed by atoms with E-state index in [1.165, 1.54) is 4.98 Å². The zero-order chi connectivity index (χ0) is 21.0. The monoisotopic (exact) mass is 430 g/mol. The van der Waals surface area contributed by atoms with Gasteiger partial charge in [-0.05, 0) is 6.07 Å². The molecular formula is C14H6ClF7N4O2. The molecule has 28 heavy (non-hydrogen) atoms. The number of H-pyrrole nitrogens is 2. The second-order valence-corrected chi connectivity index (χ2v) is 5.94. The minimum Gasteiger partial charge on any atom is -0.334 e. The number of alkyl halides is 6. The van der Waals surface area contributed by atoms with Gasteiger partial charge in [-0.1, -0.05) is 11.6 Å². The van der Waals surface area contributed by atoms with Gasteiger partial charge in [-0.3, -0.25) is 9.36 Å². The number of hydrogen-bond acceptors (Lipinski definition) is 3. The van der Waals surface area contributed by atoms with Crippen molar-refractivity contribution in [2.75, 3.05) is 0 Å². The van der Waals surface area contributed by atoms with Crippen LogP contribution < -0.4 is 11.2 Å². The molecule has 0 bridgehead atoms. The highest BCUT2D eigenvalue weighted by atomic mass is 35.5. The van der Waals surface area contributed by atoms with E-state index in [4.69, 9.17) is 11.6 Å². The van der Waals surface area contributed by atoms with E-state index in [0.29, 0.717) is 6.07 Å². The Labute approximate surface area is 153 Å². The summed E-state index contributed by atoms with van der Waals surface area (Å²) in [5.74, 6) is -2.70. The number of aromatic amines is 2. The minimum absolute atomic E-state index is 0.0700. The van der Waals surface area contributed by atoms with E-state index in [9.17, 15) is 40.3 Å². The Hall–Kier alpha value is -2.83. The first-order valence-electron chi connectivity index (χ1n) is 7.14. The van der Waals surface area contributed by atoms with Crippen molar-refractivity contribution < 1.29 is 30.7 Å². The summed E-state index contributed by atoms with van der Waals surface area (Å²) in [6.45, 7) is -0.967. The third-order valence-electron chi connectivity index (χ3n) is 3.68. The van der Waals surface area contributed by atoms with E-state index in [1.54, 1.807) is 0 Å². The largest absolute Gasteiger partial charge is 0.449 e. The van der Waals surface area contributed by atoms with E-state index in [-0.39, 0.29) is 10.6 Å². The van der Waals surface area contributed by atoms with E-state index in [0.717, 1.165) is 0 Å². The van der Waals surface area contributed by atoms with Crippen LogP contribution in [0.1, 0.15) is 17.1 Å². The van der Waals surface area contributed by atoms with Gasteiger partial charge in [0, 0.05) is 11.6 Å². The quantitative estimate of drug-likeness (QED) is 0.612. The maximum Gasteiger partial charge on any atom is 0.449 e. The van der Waals surface area contributed by atoms with Crippen LogP contribution in [-0.2, 0) is 18.9 Å². The van der Waals surface area contributed by atoms with Crippen molar-refractivity contribution in [3.63, 3.8) is 0 Å². The van der Waals surface area contributed by atoms with Crippen molar-refractivity contribution in [1.82, 2.24) is 19.5 Å². The Balaban J connectivity index is 2.20. The van der Waals surface area contributed by atoms with Gasteiger partial charge in [0.05, 0.1) is 17.1 Å². The van der Waals surface area contributed by atoms with Crippen LogP contribution in [-0.4, -0.2) is 19.5 Å². The van der Waals surface area contributed by atoms with Crippen molar-refractivity contribution in [3.05, 3.63) is 60.9 Å². The number of hydrogen-bond donors (Lipinski definition) is 2. The lowest BCUT2D eigenvalue weighted by atomic mass is 10.1. The van der Waals surface area contributed by atoms with Gasteiger partial charge in [0.15, 0.2) is 0 Å². The third kappa shape index (κ3) is 3.48. The molecule has 0 radical (unpaired) electrons. The maximum absolute atomic E-state index is 14.3. The van der Waals surface area contributed by atoms with Crippen molar-refractivity contribution >= 4 is 22.6 Å². The summed E-state index contributed by atoms with van der Waals surface area (Å²) in [7, 11) is 0. The second-order valence-electron chi connectivity index (χ2n) is 5.54. The first kappa shape index (κ1) is 19.9. The van der Waals surface area contributed by atoms with Crippen LogP contribution >= 0.6 is 11.6 Å². The summed E-state index contributed by atoms with van der Waals surface area (Å²) in [5.41, 5.74) is -6.24. The van der Waals surface area contributed by atoms with Crippen LogP contribution in [0.15, 0.2) is 21.7 Å². The number of fused-ring (bicyclic) bond motifs is 1. The van der Waals surface area contributed by atoms with Crippen molar-refractivity contribution in [1.29, 1.82) is 0 Å². The van der Waals surface area contributed by atoms with Gasteiger partial charge in [0.1, 0.15) is 17.0 Å². The van der Waals surface area contributed by atoms with Crippen LogP contribution in [0, 0.1) is 5.82 Å². The molecule has 0 spiro atoms. The fourth-order valence-electron chi connectivity index (χ4n) is 2.42. The molecule has 2 aromatic heterocycles. The predicted octanol–water partition coefficient (Wildman–Crippen LogP) is 3.29. The molecule has 3 aromatic rings. The Kier molecular flexibility index (Phi) is 4.52. The van der Waals surface area contributed by atoms with Crippen molar-refractivity contribution in [2.24, 2.45) is 0 Å². The number of nitrogens with one attached hydrogen (secondary N) is 2. The second kappa shape index (κ2) is 6.36. The average molecular weight is 431 g/mol. The summed E-state index contributed by atoms with van der Waals surface area (Å²) in [5, 5.41) is -0.475. The minimum atomic E-state index is -5.01. The van der Waals surface area contributed by atoms with Gasteiger partial charge in [-0.15, -0.1) is 0 Å². The zero-order valence-corrected chi connectivity index (χ0v) is 13.9. The van der Waals surface area contributed by atoms with Gasteiger partial charge < -0.3 is 9.97 Å². The molecule has 0 atom stereocenters. The SMILES string of the molecule is O=c1cc(C(F)(F)F)[nH]c(=O)n1Cc1c(F)cc(Cl)c2nc(C(F)(F)F)[nH]c12. The van der Waals surface area contributed by atoms with Crippen molar-refractivity contribution in [3.8, 4) is 0 Å². The smallest absolute Gasteiger partial charge is 0.334 e. The molecule has 0 aliphatic heterocycles. The molecule has 0 aliphatic rings. The van der Waals surface area contributed by atoms with Gasteiger partial charge in [0.2, 0.25) is 5.82 Å². The van der Waals surface area contributed by atoms with E-state index >= 15 is 0 Å². The van der Waals surface area contributed by atoms with Gasteiger partial charge in [-0.2, -0.15) is 26.3 Å². The van der Waals surface area contributed by atoms with Gasteiger partial charge in [0.25, 0.3) is 5.56 Å². The normalized spacial score (nSPS) is 12.7. The number of aromatic nitrogens is 4. The molecule has 6 nitrogen and oxygen atoms in total. The van der Waals surface area contributed by atoms with E-state index in [1.807, 2.05) is 4.98 Å². The zero-order valence-electron chi connectivity index (χ0n) is 13.1. The average Bonchev–Trinajstić information content (AvgIpc) is 2.98. The molecule has 0 saturated carbocycles. The number of benzene rings is 1. The van der Waals surface area contributed by atoms with Crippen LogP contribution in [0.25, 0.3) is 11.0 Å². The lowest BCUT2D eigenvalue weighted by Crippen LogP contribution is -2.37. The first-order valence-corrected chi connectivity index (χ1v) is 7.52. The molecule has 1 aromatic carbocycles. The fraction of sp³-hybridized carbons (Fsp3) is 0.214. The summed E-state index contributed by atoms with van der Waals surface area (Å²) in [4.78, 5) is 30.2. The van der Waals surface area contributed by atoms with Crippen LogP contribution in [0.3, 0.4) is 0 Å². The molecule has 2 N–H and O–H groups in total. The number of nitrogens with zero attached hydrogens (tertiary/aromatic N) is 2. The first-order chi connectivity index (χ1) is 12.8. The lowest BCUT2D eigenvalue weighted by molar-refractivity contribution is -0.144. The topological polar surface area (TPSA) is 83.5 Å². The van der Waals surface area contributed by atoms with E-state index in [2.05, 4.69) is 4.98 Å². The summed E-state index contributed by atoms with van der Waals surface area (Å²) in [6.07, 6.45) is -9.94. The third-order valence-corrected chi connectivity index (χ3v) is 3.97. The van der Waals surface area contributed by atoms with Crippen LogP contribution in [0.5, 0.6) is 0 Å². The van der Waals surface area contributed by atoms with Crippen LogP contribution in [0.2, 0.25) is 5.02 Å². The van der Waals surface area contributed by atoms with Gasteiger partial charge >= 0.3 is 18.0 Å². The van der Waals surface area contributed by atoms with E-state index < -0.39 is 69.1 Å². The number of rotatable bonds is 2. The Morgan fingerprint density at radius 2 is 1.68 bits per heavy atom. The summed E-state index contributed by atoms with van der Waals surface area (Å²) >= 11 is 5.68. The highest BCUT2D eigenvalue weighted by Gasteiger charge is 2.36. The highest BCUT2D eigenvalue weighted by Crippen LogP contribution is 2.33. The molecule has 0 amide bonds. The fourth-order valence-corrected chi connectivity index (χ4v) is 2.65. The molecule has 150 valence electrons. The molecule has 0 saturated heterocycles. The van der Waals surface area contributed by atoms with Gasteiger partial charge in [-0.25, -0.2) is 14.2 Å². The number of imidazole rings is 1. The number of halogens is 8. The Morgan fingerprint density at radius 1 is 1.04 bits per heavy atom. The molecular weight excluding hydrogens is 425 g/mol. The summed E-state index contributed by atoms with van der Waals surface area (Å²) < 4.78 is 90.9. The molecule has 0 unspecified atom stereocenters.